The quantitative estimate of drug-likeness (QED) is 0.728. The van der Waals surface area contributed by atoms with Gasteiger partial charge in [-0.1, -0.05) is 55.6 Å². The van der Waals surface area contributed by atoms with Crippen molar-refractivity contribution in [2.45, 2.75) is 59.4 Å². The first kappa shape index (κ1) is 14.9. The van der Waals surface area contributed by atoms with E-state index < -0.39 is 0 Å². The predicted octanol–water partition coefficient (Wildman–Crippen LogP) is 5.77. The molecule has 1 nitrogen and oxygen atoms in total. The number of halogens is 1. The van der Waals surface area contributed by atoms with Crippen LogP contribution < -0.4 is 5.32 Å². The number of hydrogen-bond acceptors (Lipinski definition) is 1. The van der Waals surface area contributed by atoms with Gasteiger partial charge in [0.05, 0.1) is 0 Å². The molecule has 1 aliphatic carbocycles. The summed E-state index contributed by atoms with van der Waals surface area (Å²) in [6.45, 7) is 9.26. The number of anilines is 1. The van der Waals surface area contributed by atoms with Crippen molar-refractivity contribution in [2.75, 3.05) is 5.32 Å². The lowest BCUT2D eigenvalue weighted by molar-refractivity contribution is 0.163. The van der Waals surface area contributed by atoms with Gasteiger partial charge in [0.25, 0.3) is 0 Å². The standard InChI is InChI=1S/C17H26BrN/c1-12-9-10-13(11-15(12)18)19-16-8-6-5-7-14(16)17(2,3)4/h9-11,14,16,19H,5-8H2,1-4H3. The molecule has 1 aliphatic rings. The zero-order valence-corrected chi connectivity index (χ0v) is 14.2. The third-order valence-electron chi connectivity index (χ3n) is 4.40. The summed E-state index contributed by atoms with van der Waals surface area (Å²) in [5, 5.41) is 3.78. The van der Waals surface area contributed by atoms with E-state index in [1.54, 1.807) is 0 Å². The van der Waals surface area contributed by atoms with Crippen LogP contribution in [0.25, 0.3) is 0 Å². The van der Waals surface area contributed by atoms with Crippen molar-refractivity contribution in [1.29, 1.82) is 0 Å². The number of hydrogen-bond donors (Lipinski definition) is 1. The molecule has 1 N–H and O–H groups in total. The molecule has 0 aromatic heterocycles. The van der Waals surface area contributed by atoms with Crippen LogP contribution in [0.2, 0.25) is 0 Å². The van der Waals surface area contributed by atoms with Crippen molar-refractivity contribution in [3.05, 3.63) is 28.2 Å². The van der Waals surface area contributed by atoms with E-state index in [0.29, 0.717) is 11.5 Å². The van der Waals surface area contributed by atoms with Crippen molar-refractivity contribution in [2.24, 2.45) is 11.3 Å². The minimum absolute atomic E-state index is 0.389. The molecule has 1 aromatic rings. The van der Waals surface area contributed by atoms with Crippen molar-refractivity contribution in [3.63, 3.8) is 0 Å². The van der Waals surface area contributed by atoms with Gasteiger partial charge in [0.2, 0.25) is 0 Å². The molecular weight excluding hydrogens is 298 g/mol. The fraction of sp³-hybridized carbons (Fsp3) is 0.647. The maximum atomic E-state index is 3.78. The van der Waals surface area contributed by atoms with E-state index in [-0.39, 0.29) is 0 Å². The summed E-state index contributed by atoms with van der Waals surface area (Å²) in [6, 6.07) is 7.21. The molecule has 1 saturated carbocycles. The Morgan fingerprint density at radius 1 is 1.16 bits per heavy atom. The van der Waals surface area contributed by atoms with Crippen molar-refractivity contribution >= 4 is 21.6 Å². The van der Waals surface area contributed by atoms with E-state index in [9.17, 15) is 0 Å². The zero-order valence-electron chi connectivity index (χ0n) is 12.6. The molecule has 1 fully saturated rings. The van der Waals surface area contributed by atoms with Crippen molar-refractivity contribution < 1.29 is 0 Å². The Morgan fingerprint density at radius 2 is 1.84 bits per heavy atom. The van der Waals surface area contributed by atoms with Gasteiger partial charge in [-0.3, -0.25) is 0 Å². The van der Waals surface area contributed by atoms with E-state index in [1.807, 2.05) is 0 Å². The second-order valence-electron chi connectivity index (χ2n) is 6.97. The van der Waals surface area contributed by atoms with Crippen LogP contribution in [0.3, 0.4) is 0 Å². The Morgan fingerprint density at radius 3 is 2.47 bits per heavy atom. The average Bonchev–Trinajstić information content (AvgIpc) is 2.33. The maximum Gasteiger partial charge on any atom is 0.0353 e. The van der Waals surface area contributed by atoms with Gasteiger partial charge < -0.3 is 5.32 Å². The number of nitrogens with one attached hydrogen (secondary N) is 1. The van der Waals surface area contributed by atoms with Crippen LogP contribution >= 0.6 is 15.9 Å². The molecule has 19 heavy (non-hydrogen) atoms. The number of aryl methyl sites for hydroxylation is 1. The van der Waals surface area contributed by atoms with Gasteiger partial charge in [-0.05, 0) is 48.8 Å². The number of rotatable bonds is 2. The SMILES string of the molecule is Cc1ccc(NC2CCCCC2C(C)(C)C)cc1Br. The minimum atomic E-state index is 0.389. The van der Waals surface area contributed by atoms with Gasteiger partial charge in [-0.25, -0.2) is 0 Å². The second kappa shape index (κ2) is 5.87. The topological polar surface area (TPSA) is 12.0 Å². The molecule has 1 aromatic carbocycles. The first-order chi connectivity index (χ1) is 8.88. The van der Waals surface area contributed by atoms with E-state index >= 15 is 0 Å². The van der Waals surface area contributed by atoms with Crippen LogP contribution in [-0.4, -0.2) is 6.04 Å². The summed E-state index contributed by atoms with van der Waals surface area (Å²) < 4.78 is 1.20. The maximum absolute atomic E-state index is 3.78. The lowest BCUT2D eigenvalue weighted by atomic mass is 9.69. The van der Waals surface area contributed by atoms with Gasteiger partial charge >= 0.3 is 0 Å². The molecule has 0 radical (unpaired) electrons. The van der Waals surface area contributed by atoms with Crippen molar-refractivity contribution in [1.82, 2.24) is 0 Å². The summed E-state index contributed by atoms with van der Waals surface area (Å²) >= 11 is 3.63. The fourth-order valence-electron chi connectivity index (χ4n) is 3.24. The first-order valence-electron chi connectivity index (χ1n) is 7.40. The Balaban J connectivity index is 2.13. The molecule has 0 bridgehead atoms. The Hall–Kier alpha value is -0.500. The number of benzene rings is 1. The Bertz CT molecular complexity index is 433. The fourth-order valence-corrected chi connectivity index (χ4v) is 3.62. The highest BCUT2D eigenvalue weighted by molar-refractivity contribution is 9.10. The van der Waals surface area contributed by atoms with Crippen LogP contribution in [0.4, 0.5) is 5.69 Å². The predicted molar refractivity (Wildman–Crippen MR) is 87.7 cm³/mol. The highest BCUT2D eigenvalue weighted by Crippen LogP contribution is 2.39. The molecular formula is C17H26BrN. The summed E-state index contributed by atoms with van der Waals surface area (Å²) in [5.74, 6) is 0.765. The highest BCUT2D eigenvalue weighted by Gasteiger charge is 2.33. The molecule has 0 spiro atoms. The Labute approximate surface area is 126 Å². The first-order valence-corrected chi connectivity index (χ1v) is 8.20. The van der Waals surface area contributed by atoms with Crippen LogP contribution in [0.1, 0.15) is 52.0 Å². The Kier molecular flexibility index (Phi) is 4.60. The molecule has 2 heteroatoms. The minimum Gasteiger partial charge on any atom is -0.382 e. The molecule has 2 unspecified atom stereocenters. The molecule has 2 rings (SSSR count). The largest absolute Gasteiger partial charge is 0.382 e. The van der Waals surface area contributed by atoms with Crippen LogP contribution in [0, 0.1) is 18.3 Å². The van der Waals surface area contributed by atoms with Gasteiger partial charge in [0.1, 0.15) is 0 Å². The smallest absolute Gasteiger partial charge is 0.0353 e. The summed E-state index contributed by atoms with van der Waals surface area (Å²) in [7, 11) is 0. The molecule has 0 heterocycles. The van der Waals surface area contributed by atoms with E-state index in [2.05, 4.69) is 67.1 Å². The van der Waals surface area contributed by atoms with Crippen molar-refractivity contribution in [3.8, 4) is 0 Å². The van der Waals surface area contributed by atoms with Crippen LogP contribution in [0.15, 0.2) is 22.7 Å². The normalized spacial score (nSPS) is 24.3. The monoisotopic (exact) mass is 323 g/mol. The van der Waals surface area contributed by atoms with Crippen LogP contribution in [-0.2, 0) is 0 Å². The molecule has 2 atom stereocenters. The lowest BCUT2D eigenvalue weighted by Crippen LogP contribution is -2.39. The summed E-state index contributed by atoms with van der Waals surface area (Å²) in [5.41, 5.74) is 2.93. The molecule has 0 amide bonds. The highest BCUT2D eigenvalue weighted by atomic mass is 79.9. The second-order valence-corrected chi connectivity index (χ2v) is 7.83. The van der Waals surface area contributed by atoms with E-state index in [0.717, 1.165) is 5.92 Å². The summed E-state index contributed by atoms with van der Waals surface area (Å²) in [4.78, 5) is 0. The third-order valence-corrected chi connectivity index (χ3v) is 5.26. The molecule has 106 valence electrons. The van der Waals surface area contributed by atoms with Gasteiger partial charge in [0, 0.05) is 16.2 Å². The molecule has 0 saturated heterocycles. The van der Waals surface area contributed by atoms with E-state index in [4.69, 9.17) is 0 Å². The van der Waals surface area contributed by atoms with E-state index in [1.165, 1.54) is 41.4 Å². The van der Waals surface area contributed by atoms with Crippen LogP contribution in [0.5, 0.6) is 0 Å². The van der Waals surface area contributed by atoms with Gasteiger partial charge in [-0.2, -0.15) is 0 Å². The zero-order chi connectivity index (χ0) is 14.0. The lowest BCUT2D eigenvalue weighted by Gasteiger charge is -2.41. The molecule has 0 aliphatic heterocycles. The van der Waals surface area contributed by atoms with Gasteiger partial charge in [-0.15, -0.1) is 0 Å². The summed E-state index contributed by atoms with van der Waals surface area (Å²) in [6.07, 6.45) is 5.40. The average molecular weight is 324 g/mol. The van der Waals surface area contributed by atoms with Gasteiger partial charge in [0.15, 0.2) is 0 Å². The third kappa shape index (κ3) is 3.75.